The van der Waals surface area contributed by atoms with Gasteiger partial charge in [0.25, 0.3) is 0 Å². The Bertz CT molecular complexity index is 359. The zero-order valence-electron chi connectivity index (χ0n) is 9.26. The summed E-state index contributed by atoms with van der Waals surface area (Å²) in [4.78, 5) is 10.8. The first-order valence-corrected chi connectivity index (χ1v) is 5.89. The van der Waals surface area contributed by atoms with Crippen molar-refractivity contribution < 1.29 is 0 Å². The monoisotopic (exact) mass is 219 g/mol. The minimum absolute atomic E-state index is 0.469. The Morgan fingerprint density at radius 1 is 1.25 bits per heavy atom. The van der Waals surface area contributed by atoms with E-state index in [9.17, 15) is 0 Å². The van der Waals surface area contributed by atoms with Gasteiger partial charge in [-0.2, -0.15) is 0 Å². The summed E-state index contributed by atoms with van der Waals surface area (Å²) in [6, 6.07) is 1.38. The molecule has 1 aliphatic heterocycles. The largest absolute Gasteiger partial charge is 0.382 e. The molecule has 2 fully saturated rings. The number of rotatable bonds is 3. The van der Waals surface area contributed by atoms with Crippen molar-refractivity contribution in [2.45, 2.75) is 31.3 Å². The Balaban J connectivity index is 1.57. The van der Waals surface area contributed by atoms with Crippen LogP contribution in [-0.2, 0) is 0 Å². The molecule has 1 saturated heterocycles. The van der Waals surface area contributed by atoms with E-state index in [1.54, 1.807) is 12.4 Å². The molecule has 0 radical (unpaired) electrons. The first kappa shape index (κ1) is 9.84. The van der Waals surface area contributed by atoms with Gasteiger partial charge in [-0.3, -0.25) is 4.90 Å². The van der Waals surface area contributed by atoms with Gasteiger partial charge in [0.05, 0.1) is 12.4 Å². The highest BCUT2D eigenvalue weighted by Crippen LogP contribution is 2.30. The van der Waals surface area contributed by atoms with Crippen LogP contribution in [0.5, 0.6) is 0 Å². The second kappa shape index (κ2) is 3.90. The molecule has 1 aromatic heterocycles. The molecule has 0 aromatic carbocycles. The van der Waals surface area contributed by atoms with Crippen LogP contribution in [0.15, 0.2) is 12.4 Å². The highest BCUT2D eigenvalue weighted by Gasteiger charge is 2.34. The van der Waals surface area contributed by atoms with Crippen LogP contribution in [0.25, 0.3) is 0 Å². The Kier molecular flexibility index (Phi) is 2.40. The maximum Gasteiger partial charge on any atom is 0.144 e. The molecule has 5 nitrogen and oxygen atoms in total. The van der Waals surface area contributed by atoms with Crippen molar-refractivity contribution in [2.75, 3.05) is 24.1 Å². The number of anilines is 2. The minimum atomic E-state index is 0.469. The molecule has 0 spiro atoms. The topological polar surface area (TPSA) is 67.1 Å². The standard InChI is InChI=1S/C11H17N5/c12-10-5-14-11(6-13-10)15-8-3-4-16(7-8)9-1-2-9/h5-6,8-9H,1-4,7H2,(H2,12,13)(H,14,15). The van der Waals surface area contributed by atoms with E-state index in [1.807, 2.05) is 0 Å². The summed E-state index contributed by atoms with van der Waals surface area (Å²) in [6.45, 7) is 2.35. The van der Waals surface area contributed by atoms with Crippen LogP contribution < -0.4 is 11.1 Å². The normalized spacial score (nSPS) is 25.9. The van der Waals surface area contributed by atoms with Crippen molar-refractivity contribution in [3.8, 4) is 0 Å². The zero-order chi connectivity index (χ0) is 11.0. The van der Waals surface area contributed by atoms with Crippen LogP contribution in [0.2, 0.25) is 0 Å². The van der Waals surface area contributed by atoms with E-state index in [0.29, 0.717) is 11.9 Å². The SMILES string of the molecule is Nc1cnc(NC2CCN(C3CC3)C2)cn1. The van der Waals surface area contributed by atoms with Crippen molar-refractivity contribution in [3.05, 3.63) is 12.4 Å². The van der Waals surface area contributed by atoms with Gasteiger partial charge in [-0.25, -0.2) is 9.97 Å². The van der Waals surface area contributed by atoms with E-state index in [1.165, 1.54) is 25.8 Å². The zero-order valence-corrected chi connectivity index (χ0v) is 9.26. The Hall–Kier alpha value is -1.36. The highest BCUT2D eigenvalue weighted by molar-refractivity contribution is 5.37. The summed E-state index contributed by atoms with van der Waals surface area (Å²) >= 11 is 0. The van der Waals surface area contributed by atoms with Crippen molar-refractivity contribution in [3.63, 3.8) is 0 Å². The second-order valence-corrected chi connectivity index (χ2v) is 4.68. The molecule has 1 unspecified atom stereocenters. The van der Waals surface area contributed by atoms with Gasteiger partial charge in [0.15, 0.2) is 0 Å². The average Bonchev–Trinajstić information content (AvgIpc) is 3.04. The Morgan fingerprint density at radius 3 is 2.81 bits per heavy atom. The van der Waals surface area contributed by atoms with E-state index in [0.717, 1.165) is 18.4 Å². The molecule has 16 heavy (non-hydrogen) atoms. The van der Waals surface area contributed by atoms with Crippen LogP contribution in [-0.4, -0.2) is 40.0 Å². The number of aromatic nitrogens is 2. The lowest BCUT2D eigenvalue weighted by Gasteiger charge is -2.15. The van der Waals surface area contributed by atoms with Crippen molar-refractivity contribution in [2.24, 2.45) is 0 Å². The second-order valence-electron chi connectivity index (χ2n) is 4.68. The number of hydrogen-bond donors (Lipinski definition) is 2. The molecule has 0 bridgehead atoms. The van der Waals surface area contributed by atoms with Crippen LogP contribution in [0.4, 0.5) is 11.6 Å². The summed E-state index contributed by atoms with van der Waals surface area (Å²) in [5.74, 6) is 1.30. The number of nitrogen functional groups attached to an aromatic ring is 1. The molecule has 2 aliphatic rings. The summed E-state index contributed by atoms with van der Waals surface area (Å²) in [6.07, 6.45) is 7.26. The molecule has 3 N–H and O–H groups in total. The fourth-order valence-electron chi connectivity index (χ4n) is 2.30. The van der Waals surface area contributed by atoms with Gasteiger partial charge in [-0.1, -0.05) is 0 Å². The smallest absolute Gasteiger partial charge is 0.144 e. The fraction of sp³-hybridized carbons (Fsp3) is 0.636. The fourth-order valence-corrected chi connectivity index (χ4v) is 2.30. The first-order chi connectivity index (χ1) is 7.81. The maximum absolute atomic E-state index is 5.50. The van der Waals surface area contributed by atoms with Gasteiger partial charge in [-0.15, -0.1) is 0 Å². The van der Waals surface area contributed by atoms with Crippen molar-refractivity contribution >= 4 is 11.6 Å². The van der Waals surface area contributed by atoms with Gasteiger partial charge >= 0.3 is 0 Å². The third kappa shape index (κ3) is 2.09. The third-order valence-electron chi connectivity index (χ3n) is 3.31. The summed E-state index contributed by atoms with van der Waals surface area (Å²) in [5.41, 5.74) is 5.50. The number of likely N-dealkylation sites (tertiary alicyclic amines) is 1. The van der Waals surface area contributed by atoms with Gasteiger partial charge in [0.2, 0.25) is 0 Å². The van der Waals surface area contributed by atoms with Crippen LogP contribution in [0, 0.1) is 0 Å². The number of nitrogens with zero attached hydrogens (tertiary/aromatic N) is 3. The molecule has 1 aliphatic carbocycles. The molecule has 2 heterocycles. The average molecular weight is 219 g/mol. The van der Waals surface area contributed by atoms with Crippen molar-refractivity contribution in [1.29, 1.82) is 0 Å². The molecule has 3 rings (SSSR count). The molecule has 1 saturated carbocycles. The van der Waals surface area contributed by atoms with E-state index >= 15 is 0 Å². The van der Waals surface area contributed by atoms with Gasteiger partial charge in [0.1, 0.15) is 11.6 Å². The van der Waals surface area contributed by atoms with Gasteiger partial charge < -0.3 is 11.1 Å². The highest BCUT2D eigenvalue weighted by atomic mass is 15.2. The molecular weight excluding hydrogens is 202 g/mol. The minimum Gasteiger partial charge on any atom is -0.382 e. The number of hydrogen-bond acceptors (Lipinski definition) is 5. The summed E-state index contributed by atoms with van der Waals surface area (Å²) < 4.78 is 0. The molecule has 1 aromatic rings. The predicted molar refractivity (Wildman–Crippen MR) is 63.1 cm³/mol. The van der Waals surface area contributed by atoms with Gasteiger partial charge in [-0.05, 0) is 19.3 Å². The maximum atomic E-state index is 5.50. The van der Waals surface area contributed by atoms with E-state index < -0.39 is 0 Å². The summed E-state index contributed by atoms with van der Waals surface area (Å²) in [7, 11) is 0. The predicted octanol–water partition coefficient (Wildman–Crippen LogP) is 0.707. The lowest BCUT2D eigenvalue weighted by atomic mass is 10.3. The molecular formula is C11H17N5. The number of nitrogens with one attached hydrogen (secondary N) is 1. The molecule has 1 atom stereocenters. The lowest BCUT2D eigenvalue weighted by molar-refractivity contribution is 0.326. The van der Waals surface area contributed by atoms with Gasteiger partial charge in [0, 0.05) is 25.2 Å². The third-order valence-corrected chi connectivity index (χ3v) is 3.31. The molecule has 5 heteroatoms. The van der Waals surface area contributed by atoms with Crippen molar-refractivity contribution in [1.82, 2.24) is 14.9 Å². The summed E-state index contributed by atoms with van der Waals surface area (Å²) in [5, 5.41) is 3.41. The Labute approximate surface area is 95.1 Å². The number of nitrogens with two attached hydrogens (primary N) is 1. The van der Waals surface area contributed by atoms with E-state index in [4.69, 9.17) is 5.73 Å². The van der Waals surface area contributed by atoms with Crippen LogP contribution in [0.1, 0.15) is 19.3 Å². The van der Waals surface area contributed by atoms with E-state index in [-0.39, 0.29) is 0 Å². The molecule has 86 valence electrons. The first-order valence-electron chi connectivity index (χ1n) is 5.89. The van der Waals surface area contributed by atoms with Crippen LogP contribution in [0.3, 0.4) is 0 Å². The quantitative estimate of drug-likeness (QED) is 0.783. The lowest BCUT2D eigenvalue weighted by Crippen LogP contribution is -2.28. The van der Waals surface area contributed by atoms with Crippen LogP contribution >= 0.6 is 0 Å². The Morgan fingerprint density at radius 2 is 2.12 bits per heavy atom. The van der Waals surface area contributed by atoms with E-state index in [2.05, 4.69) is 20.2 Å². The molecule has 0 amide bonds.